The molecule has 4 heteroatoms. The topological polar surface area (TPSA) is 49.3 Å². The van der Waals surface area contributed by atoms with Gasteiger partial charge in [-0.25, -0.2) is 0 Å². The third kappa shape index (κ3) is 4.25. The van der Waals surface area contributed by atoms with Crippen LogP contribution in [0.4, 0.5) is 0 Å². The van der Waals surface area contributed by atoms with Crippen LogP contribution in [0.15, 0.2) is 30.3 Å². The Morgan fingerprint density at radius 1 is 1.45 bits per heavy atom. The van der Waals surface area contributed by atoms with Crippen molar-refractivity contribution >= 4 is 17.7 Å². The van der Waals surface area contributed by atoms with E-state index in [0.29, 0.717) is 13.0 Å². The second-order valence-corrected chi connectivity index (χ2v) is 6.63. The van der Waals surface area contributed by atoms with Gasteiger partial charge in [0, 0.05) is 18.7 Å². The number of amides is 1. The van der Waals surface area contributed by atoms with Crippen molar-refractivity contribution in [2.75, 3.05) is 18.1 Å². The average Bonchev–Trinajstić information content (AvgIpc) is 2.91. The first-order valence-electron chi connectivity index (χ1n) is 7.25. The molecule has 0 bridgehead atoms. The molecule has 1 aromatic rings. The van der Waals surface area contributed by atoms with Gasteiger partial charge in [-0.05, 0) is 30.1 Å². The summed E-state index contributed by atoms with van der Waals surface area (Å²) in [6.07, 6.45) is 2.20. The predicted octanol–water partition coefficient (Wildman–Crippen LogP) is 2.55. The molecule has 2 unspecified atom stereocenters. The number of carbonyl (C=O) groups excluding carboxylic acids is 1. The summed E-state index contributed by atoms with van der Waals surface area (Å²) in [6, 6.07) is 10.2. The molecule has 0 radical (unpaired) electrons. The number of aliphatic hydroxyl groups is 1. The van der Waals surface area contributed by atoms with E-state index in [0.717, 1.165) is 24.3 Å². The van der Waals surface area contributed by atoms with Crippen molar-refractivity contribution in [2.24, 2.45) is 0 Å². The Morgan fingerprint density at radius 2 is 2.20 bits per heavy atom. The van der Waals surface area contributed by atoms with Gasteiger partial charge in [0.1, 0.15) is 0 Å². The Kier molecular flexibility index (Phi) is 5.49. The lowest BCUT2D eigenvalue weighted by atomic mass is 9.93. The lowest BCUT2D eigenvalue weighted by molar-refractivity contribution is -0.122. The Labute approximate surface area is 125 Å². The van der Waals surface area contributed by atoms with Gasteiger partial charge >= 0.3 is 0 Å². The average molecular weight is 293 g/mol. The number of benzene rings is 1. The molecule has 0 saturated carbocycles. The maximum absolute atomic E-state index is 12.1. The van der Waals surface area contributed by atoms with Gasteiger partial charge in [0.15, 0.2) is 0 Å². The molecule has 1 saturated heterocycles. The molecule has 2 rings (SSSR count). The van der Waals surface area contributed by atoms with Gasteiger partial charge in [0.2, 0.25) is 5.91 Å². The summed E-state index contributed by atoms with van der Waals surface area (Å²) in [4.78, 5) is 12.1. The van der Waals surface area contributed by atoms with Crippen molar-refractivity contribution < 1.29 is 9.90 Å². The third-order valence-electron chi connectivity index (χ3n) is 3.89. The molecule has 1 aliphatic heterocycles. The minimum atomic E-state index is -0.700. The van der Waals surface area contributed by atoms with Crippen molar-refractivity contribution in [3.63, 3.8) is 0 Å². The van der Waals surface area contributed by atoms with E-state index in [1.165, 1.54) is 5.56 Å². The third-order valence-corrected chi connectivity index (χ3v) is 5.13. The van der Waals surface area contributed by atoms with Crippen molar-refractivity contribution in [3.8, 4) is 0 Å². The van der Waals surface area contributed by atoms with Crippen LogP contribution in [0.5, 0.6) is 0 Å². The van der Waals surface area contributed by atoms with Gasteiger partial charge in [-0.2, -0.15) is 11.8 Å². The highest BCUT2D eigenvalue weighted by Gasteiger charge is 2.32. The fourth-order valence-electron chi connectivity index (χ4n) is 2.52. The first kappa shape index (κ1) is 15.4. The minimum Gasteiger partial charge on any atom is -0.387 e. The zero-order valence-corrected chi connectivity index (χ0v) is 12.8. The Bertz CT molecular complexity index is 429. The number of nitrogens with one attached hydrogen (secondary N) is 1. The Balaban J connectivity index is 1.83. The summed E-state index contributed by atoms with van der Waals surface area (Å²) >= 11 is 1.75. The Morgan fingerprint density at radius 3 is 2.80 bits per heavy atom. The van der Waals surface area contributed by atoms with Crippen molar-refractivity contribution in [3.05, 3.63) is 35.9 Å². The summed E-state index contributed by atoms with van der Waals surface area (Å²) in [7, 11) is 0. The Hall–Kier alpha value is -1.00. The summed E-state index contributed by atoms with van der Waals surface area (Å²) in [5.41, 5.74) is 0.509. The van der Waals surface area contributed by atoms with Crippen LogP contribution in [0.3, 0.4) is 0 Å². The SMILES string of the molecule is CCC(CC(=O)NCC1(O)CCSC1)c1ccccc1. The van der Waals surface area contributed by atoms with Gasteiger partial charge in [0.05, 0.1) is 5.60 Å². The molecule has 110 valence electrons. The number of thioether (sulfide) groups is 1. The second kappa shape index (κ2) is 7.14. The van der Waals surface area contributed by atoms with E-state index in [4.69, 9.17) is 0 Å². The van der Waals surface area contributed by atoms with Crippen LogP contribution < -0.4 is 5.32 Å². The van der Waals surface area contributed by atoms with Crippen LogP contribution >= 0.6 is 11.8 Å². The molecule has 3 nitrogen and oxygen atoms in total. The summed E-state index contributed by atoms with van der Waals surface area (Å²) in [5.74, 6) is 1.99. The van der Waals surface area contributed by atoms with Crippen LogP contribution in [0.1, 0.15) is 37.7 Å². The van der Waals surface area contributed by atoms with E-state index in [1.54, 1.807) is 11.8 Å². The number of rotatable bonds is 6. The van der Waals surface area contributed by atoms with Gasteiger partial charge in [-0.3, -0.25) is 4.79 Å². The molecule has 1 heterocycles. The highest BCUT2D eigenvalue weighted by Crippen LogP contribution is 2.27. The molecule has 1 fully saturated rings. The first-order valence-corrected chi connectivity index (χ1v) is 8.40. The van der Waals surface area contributed by atoms with Gasteiger partial charge < -0.3 is 10.4 Å². The molecule has 1 aromatic carbocycles. The van der Waals surface area contributed by atoms with Gasteiger partial charge in [0.25, 0.3) is 0 Å². The van der Waals surface area contributed by atoms with Gasteiger partial charge in [-0.1, -0.05) is 37.3 Å². The molecule has 0 aliphatic carbocycles. The van der Waals surface area contributed by atoms with E-state index in [2.05, 4.69) is 24.4 Å². The quantitative estimate of drug-likeness (QED) is 0.847. The van der Waals surface area contributed by atoms with Crippen LogP contribution in [-0.4, -0.2) is 34.7 Å². The fourth-order valence-corrected chi connectivity index (χ4v) is 3.81. The zero-order valence-electron chi connectivity index (χ0n) is 12.0. The number of hydrogen-bond acceptors (Lipinski definition) is 3. The van der Waals surface area contributed by atoms with Crippen LogP contribution in [-0.2, 0) is 4.79 Å². The molecule has 0 aromatic heterocycles. The monoisotopic (exact) mass is 293 g/mol. The molecule has 1 aliphatic rings. The lowest BCUT2D eigenvalue weighted by Crippen LogP contribution is -2.43. The van der Waals surface area contributed by atoms with Crippen LogP contribution in [0, 0.1) is 0 Å². The van der Waals surface area contributed by atoms with Crippen molar-refractivity contribution in [1.82, 2.24) is 5.32 Å². The van der Waals surface area contributed by atoms with Crippen LogP contribution in [0.25, 0.3) is 0 Å². The molecular formula is C16H23NO2S. The van der Waals surface area contributed by atoms with Crippen LogP contribution in [0.2, 0.25) is 0 Å². The minimum absolute atomic E-state index is 0.0334. The largest absolute Gasteiger partial charge is 0.387 e. The normalized spacial score (nSPS) is 23.5. The summed E-state index contributed by atoms with van der Waals surface area (Å²) in [6.45, 7) is 2.48. The van der Waals surface area contributed by atoms with Crippen molar-refractivity contribution in [2.45, 2.75) is 37.7 Å². The van der Waals surface area contributed by atoms with E-state index in [9.17, 15) is 9.90 Å². The van der Waals surface area contributed by atoms with E-state index >= 15 is 0 Å². The molecule has 2 N–H and O–H groups in total. The molecule has 20 heavy (non-hydrogen) atoms. The maximum atomic E-state index is 12.1. The maximum Gasteiger partial charge on any atom is 0.220 e. The fraction of sp³-hybridized carbons (Fsp3) is 0.562. The van der Waals surface area contributed by atoms with Gasteiger partial charge in [-0.15, -0.1) is 0 Å². The molecule has 0 spiro atoms. The first-order chi connectivity index (χ1) is 9.63. The lowest BCUT2D eigenvalue weighted by Gasteiger charge is -2.22. The zero-order chi connectivity index (χ0) is 14.4. The number of hydrogen-bond donors (Lipinski definition) is 2. The summed E-state index contributed by atoms with van der Waals surface area (Å²) in [5, 5.41) is 13.1. The van der Waals surface area contributed by atoms with E-state index < -0.39 is 5.60 Å². The smallest absolute Gasteiger partial charge is 0.220 e. The molecule has 2 atom stereocenters. The predicted molar refractivity (Wildman–Crippen MR) is 84.0 cm³/mol. The standard InChI is InChI=1S/C16H23NO2S/c1-2-13(14-6-4-3-5-7-14)10-15(18)17-11-16(19)8-9-20-12-16/h3-7,13,19H,2,8-12H2,1H3,(H,17,18). The highest BCUT2D eigenvalue weighted by atomic mass is 32.2. The second-order valence-electron chi connectivity index (χ2n) is 5.52. The van der Waals surface area contributed by atoms with E-state index in [1.807, 2.05) is 18.2 Å². The molecule has 1 amide bonds. The van der Waals surface area contributed by atoms with E-state index in [-0.39, 0.29) is 11.8 Å². The molecular weight excluding hydrogens is 270 g/mol. The summed E-state index contributed by atoms with van der Waals surface area (Å²) < 4.78 is 0. The highest BCUT2D eigenvalue weighted by molar-refractivity contribution is 7.99. The van der Waals surface area contributed by atoms with Crippen molar-refractivity contribution in [1.29, 1.82) is 0 Å². The number of carbonyl (C=O) groups is 1.